The summed E-state index contributed by atoms with van der Waals surface area (Å²) in [6.45, 7) is 0. The highest BCUT2D eigenvalue weighted by Gasteiger charge is 2.22. The van der Waals surface area contributed by atoms with Crippen LogP contribution in [0.5, 0.6) is 0 Å². The molecule has 1 saturated heterocycles. The molecule has 2 heteroatoms. The van der Waals surface area contributed by atoms with Gasteiger partial charge >= 0.3 is 5.97 Å². The van der Waals surface area contributed by atoms with Crippen molar-refractivity contribution >= 4 is 5.97 Å². The Labute approximate surface area is 83.9 Å². The number of carbonyl (C=O) groups excluding carboxylic acids is 1. The molecule has 2 rings (SSSR count). The van der Waals surface area contributed by atoms with Crippen LogP contribution in [0.1, 0.15) is 24.8 Å². The Morgan fingerprint density at radius 2 is 2.07 bits per heavy atom. The van der Waals surface area contributed by atoms with Crippen LogP contribution in [0.4, 0.5) is 0 Å². The molecule has 0 radical (unpaired) electrons. The van der Waals surface area contributed by atoms with Crippen LogP contribution < -0.4 is 0 Å². The smallest absolute Gasteiger partial charge is 0.306 e. The van der Waals surface area contributed by atoms with E-state index in [0.717, 1.165) is 19.3 Å². The maximum Gasteiger partial charge on any atom is 0.306 e. The van der Waals surface area contributed by atoms with E-state index in [9.17, 15) is 4.79 Å². The average Bonchev–Trinajstić information content (AvgIpc) is 2.63. The molecule has 0 aliphatic carbocycles. The first-order chi connectivity index (χ1) is 6.84. The number of carbonyl (C=O) groups is 1. The Morgan fingerprint density at radius 3 is 2.71 bits per heavy atom. The standard InChI is InChI=1S/C12H14O2/c13-12-9-8-11(14-12)7-6-10-4-2-1-3-5-10/h1-5,11H,6-9H2. The normalized spacial score (nSPS) is 20.9. The molecule has 2 nitrogen and oxygen atoms in total. The molecule has 0 amide bonds. The molecule has 1 aromatic carbocycles. The van der Waals surface area contributed by atoms with Gasteiger partial charge in [0.2, 0.25) is 0 Å². The van der Waals surface area contributed by atoms with Gasteiger partial charge in [0.15, 0.2) is 0 Å². The van der Waals surface area contributed by atoms with Gasteiger partial charge in [-0.25, -0.2) is 0 Å². The Hall–Kier alpha value is -1.31. The second kappa shape index (κ2) is 4.27. The Kier molecular flexibility index (Phi) is 2.82. The molecule has 1 aliphatic heterocycles. The molecule has 0 aromatic heterocycles. The Morgan fingerprint density at radius 1 is 1.29 bits per heavy atom. The average molecular weight is 190 g/mol. The van der Waals surface area contributed by atoms with Crippen LogP contribution in [-0.2, 0) is 16.0 Å². The van der Waals surface area contributed by atoms with Crippen LogP contribution in [-0.4, -0.2) is 12.1 Å². The lowest BCUT2D eigenvalue weighted by atomic mass is 10.1. The highest BCUT2D eigenvalue weighted by atomic mass is 16.5. The van der Waals surface area contributed by atoms with E-state index in [-0.39, 0.29) is 12.1 Å². The number of benzene rings is 1. The van der Waals surface area contributed by atoms with E-state index in [1.165, 1.54) is 5.56 Å². The number of hydrogen-bond acceptors (Lipinski definition) is 2. The number of rotatable bonds is 3. The molecule has 1 atom stereocenters. The maximum atomic E-state index is 10.8. The van der Waals surface area contributed by atoms with E-state index in [1.54, 1.807) is 0 Å². The molecule has 0 spiro atoms. The minimum atomic E-state index is -0.0388. The van der Waals surface area contributed by atoms with E-state index in [0.29, 0.717) is 6.42 Å². The Balaban J connectivity index is 1.80. The summed E-state index contributed by atoms with van der Waals surface area (Å²) < 4.78 is 5.14. The van der Waals surface area contributed by atoms with Crippen molar-refractivity contribution < 1.29 is 9.53 Å². The fourth-order valence-electron chi connectivity index (χ4n) is 1.76. The van der Waals surface area contributed by atoms with E-state index in [4.69, 9.17) is 4.74 Å². The fourth-order valence-corrected chi connectivity index (χ4v) is 1.76. The topological polar surface area (TPSA) is 26.3 Å². The SMILES string of the molecule is O=C1CCC(CCc2ccccc2)O1. The lowest BCUT2D eigenvalue weighted by Crippen LogP contribution is -2.07. The highest BCUT2D eigenvalue weighted by molar-refractivity contribution is 5.71. The number of cyclic esters (lactones) is 1. The van der Waals surface area contributed by atoms with E-state index in [2.05, 4.69) is 12.1 Å². The first kappa shape index (κ1) is 9.25. The molecular formula is C12H14O2. The molecule has 0 N–H and O–H groups in total. The van der Waals surface area contributed by atoms with Gasteiger partial charge in [0.1, 0.15) is 6.10 Å². The third kappa shape index (κ3) is 2.34. The van der Waals surface area contributed by atoms with Crippen molar-refractivity contribution in [2.24, 2.45) is 0 Å². The van der Waals surface area contributed by atoms with Gasteiger partial charge in [-0.2, -0.15) is 0 Å². The molecular weight excluding hydrogens is 176 g/mol. The molecule has 1 heterocycles. The highest BCUT2D eigenvalue weighted by Crippen LogP contribution is 2.18. The molecule has 1 unspecified atom stereocenters. The molecule has 1 aliphatic rings. The summed E-state index contributed by atoms with van der Waals surface area (Å²) in [5.41, 5.74) is 1.32. The summed E-state index contributed by atoms with van der Waals surface area (Å²) in [5.74, 6) is -0.0388. The third-order valence-corrected chi connectivity index (χ3v) is 2.57. The molecule has 74 valence electrons. The van der Waals surface area contributed by atoms with Crippen LogP contribution in [0.15, 0.2) is 30.3 Å². The van der Waals surface area contributed by atoms with Gasteiger partial charge < -0.3 is 4.74 Å². The molecule has 1 aromatic rings. The molecule has 14 heavy (non-hydrogen) atoms. The van der Waals surface area contributed by atoms with E-state index < -0.39 is 0 Å². The summed E-state index contributed by atoms with van der Waals surface area (Å²) in [6, 6.07) is 10.3. The Bertz CT molecular complexity index is 305. The second-order valence-electron chi connectivity index (χ2n) is 3.67. The van der Waals surface area contributed by atoms with Gasteiger partial charge in [-0.15, -0.1) is 0 Å². The van der Waals surface area contributed by atoms with E-state index in [1.807, 2.05) is 18.2 Å². The first-order valence-electron chi connectivity index (χ1n) is 5.08. The number of aryl methyl sites for hydroxylation is 1. The zero-order valence-electron chi connectivity index (χ0n) is 8.11. The van der Waals surface area contributed by atoms with Gasteiger partial charge in [-0.05, 0) is 24.8 Å². The first-order valence-corrected chi connectivity index (χ1v) is 5.08. The fraction of sp³-hybridized carbons (Fsp3) is 0.417. The minimum absolute atomic E-state index is 0.0388. The second-order valence-corrected chi connectivity index (χ2v) is 3.67. The van der Waals surface area contributed by atoms with Gasteiger partial charge in [0, 0.05) is 6.42 Å². The third-order valence-electron chi connectivity index (χ3n) is 2.57. The van der Waals surface area contributed by atoms with Crippen molar-refractivity contribution in [3.63, 3.8) is 0 Å². The maximum absolute atomic E-state index is 10.8. The van der Waals surface area contributed by atoms with Crippen molar-refractivity contribution in [3.05, 3.63) is 35.9 Å². The minimum Gasteiger partial charge on any atom is -0.462 e. The monoisotopic (exact) mass is 190 g/mol. The van der Waals surface area contributed by atoms with Crippen LogP contribution in [0.25, 0.3) is 0 Å². The van der Waals surface area contributed by atoms with Crippen molar-refractivity contribution in [2.75, 3.05) is 0 Å². The zero-order valence-corrected chi connectivity index (χ0v) is 8.11. The zero-order chi connectivity index (χ0) is 9.80. The molecule has 0 bridgehead atoms. The summed E-state index contributed by atoms with van der Waals surface area (Å²) in [6.07, 6.45) is 3.60. The predicted molar refractivity (Wildman–Crippen MR) is 53.9 cm³/mol. The van der Waals surface area contributed by atoms with Crippen LogP contribution in [0.2, 0.25) is 0 Å². The lowest BCUT2D eigenvalue weighted by Gasteiger charge is -2.08. The van der Waals surface area contributed by atoms with Crippen molar-refractivity contribution in [3.8, 4) is 0 Å². The van der Waals surface area contributed by atoms with Crippen LogP contribution in [0.3, 0.4) is 0 Å². The van der Waals surface area contributed by atoms with Crippen LogP contribution >= 0.6 is 0 Å². The molecule has 1 fully saturated rings. The van der Waals surface area contributed by atoms with Crippen molar-refractivity contribution in [1.82, 2.24) is 0 Å². The number of ether oxygens (including phenoxy) is 1. The summed E-state index contributed by atoms with van der Waals surface area (Å²) in [5, 5.41) is 0. The van der Waals surface area contributed by atoms with Crippen molar-refractivity contribution in [1.29, 1.82) is 0 Å². The predicted octanol–water partition coefficient (Wildman–Crippen LogP) is 2.32. The summed E-state index contributed by atoms with van der Waals surface area (Å²) in [7, 11) is 0. The summed E-state index contributed by atoms with van der Waals surface area (Å²) >= 11 is 0. The van der Waals surface area contributed by atoms with Gasteiger partial charge in [0.05, 0.1) is 0 Å². The largest absolute Gasteiger partial charge is 0.462 e. The number of hydrogen-bond donors (Lipinski definition) is 0. The van der Waals surface area contributed by atoms with Gasteiger partial charge in [-0.3, -0.25) is 4.79 Å². The summed E-state index contributed by atoms with van der Waals surface area (Å²) in [4.78, 5) is 10.8. The van der Waals surface area contributed by atoms with Gasteiger partial charge in [0.25, 0.3) is 0 Å². The molecule has 0 saturated carbocycles. The van der Waals surface area contributed by atoms with Crippen LogP contribution in [0, 0.1) is 0 Å². The van der Waals surface area contributed by atoms with Crippen molar-refractivity contribution in [2.45, 2.75) is 31.8 Å². The van der Waals surface area contributed by atoms with E-state index >= 15 is 0 Å². The lowest BCUT2D eigenvalue weighted by molar-refractivity contribution is -0.141. The number of esters is 1. The quantitative estimate of drug-likeness (QED) is 0.684. The van der Waals surface area contributed by atoms with Gasteiger partial charge in [-0.1, -0.05) is 30.3 Å².